The van der Waals surface area contributed by atoms with Crippen LogP contribution in [-0.4, -0.2) is 12.1 Å². The predicted molar refractivity (Wildman–Crippen MR) is 80.1 cm³/mol. The first-order valence-electron chi connectivity index (χ1n) is 6.73. The lowest BCUT2D eigenvalue weighted by atomic mass is 10.0. The smallest absolute Gasteiger partial charge is 0.227 e. The molecular weight excluding hydrogens is 250 g/mol. The van der Waals surface area contributed by atoms with Crippen molar-refractivity contribution in [1.29, 1.82) is 0 Å². The number of hydrogen-bond acceptors (Lipinski definition) is 3. The molecule has 0 aliphatic carbocycles. The molecule has 20 heavy (non-hydrogen) atoms. The van der Waals surface area contributed by atoms with Crippen LogP contribution in [0.2, 0.25) is 0 Å². The predicted octanol–water partition coefficient (Wildman–Crippen LogP) is 4.63. The highest BCUT2D eigenvalue weighted by atomic mass is 16.5. The van der Waals surface area contributed by atoms with E-state index in [1.54, 1.807) is 7.11 Å². The van der Waals surface area contributed by atoms with Crippen molar-refractivity contribution in [2.45, 2.75) is 19.8 Å². The fraction of sp³-hybridized carbons (Fsp3) is 0.235. The average molecular weight is 267 g/mol. The molecule has 102 valence electrons. The average Bonchev–Trinajstić information content (AvgIpc) is 2.90. The topological polar surface area (TPSA) is 35.3 Å². The van der Waals surface area contributed by atoms with Gasteiger partial charge in [0.1, 0.15) is 11.3 Å². The van der Waals surface area contributed by atoms with E-state index in [0.29, 0.717) is 11.8 Å². The number of oxazole rings is 1. The summed E-state index contributed by atoms with van der Waals surface area (Å²) in [6.45, 7) is 4.30. The van der Waals surface area contributed by atoms with Gasteiger partial charge in [-0.3, -0.25) is 0 Å². The van der Waals surface area contributed by atoms with E-state index in [2.05, 4.69) is 24.9 Å². The molecule has 3 heteroatoms. The molecule has 0 atom stereocenters. The van der Waals surface area contributed by atoms with E-state index in [0.717, 1.165) is 22.4 Å². The highest BCUT2D eigenvalue weighted by Gasteiger charge is 2.12. The first-order chi connectivity index (χ1) is 9.69. The van der Waals surface area contributed by atoms with E-state index >= 15 is 0 Å². The van der Waals surface area contributed by atoms with Crippen LogP contribution in [0.3, 0.4) is 0 Å². The lowest BCUT2D eigenvalue weighted by Crippen LogP contribution is -1.94. The number of methoxy groups -OCH3 is 1. The van der Waals surface area contributed by atoms with Gasteiger partial charge in [0.2, 0.25) is 5.89 Å². The maximum absolute atomic E-state index is 5.79. The molecule has 0 spiro atoms. The summed E-state index contributed by atoms with van der Waals surface area (Å²) in [4.78, 5) is 4.51. The van der Waals surface area contributed by atoms with Gasteiger partial charge in [-0.05, 0) is 35.7 Å². The third kappa shape index (κ3) is 2.16. The molecule has 0 saturated heterocycles. The van der Waals surface area contributed by atoms with Gasteiger partial charge >= 0.3 is 0 Å². The van der Waals surface area contributed by atoms with Crippen LogP contribution in [0, 0.1) is 0 Å². The minimum absolute atomic E-state index is 0.419. The molecule has 0 fully saturated rings. The third-order valence-corrected chi connectivity index (χ3v) is 3.40. The molecule has 0 radical (unpaired) electrons. The van der Waals surface area contributed by atoms with Crippen molar-refractivity contribution in [3.05, 3.63) is 48.0 Å². The summed E-state index contributed by atoms with van der Waals surface area (Å²) in [5.41, 5.74) is 3.79. The number of benzene rings is 2. The lowest BCUT2D eigenvalue weighted by Gasteiger charge is -2.12. The highest BCUT2D eigenvalue weighted by Crippen LogP contribution is 2.32. The Hall–Kier alpha value is -2.29. The first kappa shape index (κ1) is 12.7. The molecule has 0 aliphatic rings. The molecule has 0 aliphatic heterocycles. The van der Waals surface area contributed by atoms with E-state index < -0.39 is 0 Å². The molecule has 1 aromatic heterocycles. The third-order valence-electron chi connectivity index (χ3n) is 3.40. The van der Waals surface area contributed by atoms with Gasteiger partial charge in [-0.25, -0.2) is 4.98 Å². The second kappa shape index (κ2) is 5.00. The minimum Gasteiger partial charge on any atom is -0.496 e. The summed E-state index contributed by atoms with van der Waals surface area (Å²) in [6.07, 6.45) is 0. The monoisotopic (exact) mass is 267 g/mol. The van der Waals surface area contributed by atoms with E-state index in [9.17, 15) is 0 Å². The van der Waals surface area contributed by atoms with Crippen molar-refractivity contribution in [3.8, 4) is 17.2 Å². The molecule has 0 unspecified atom stereocenters. The molecule has 0 N–H and O–H groups in total. The van der Waals surface area contributed by atoms with Crippen molar-refractivity contribution in [2.75, 3.05) is 7.11 Å². The number of aromatic nitrogens is 1. The van der Waals surface area contributed by atoms with Gasteiger partial charge in [0.15, 0.2) is 5.58 Å². The molecule has 0 amide bonds. The Kier molecular flexibility index (Phi) is 3.18. The van der Waals surface area contributed by atoms with Crippen LogP contribution < -0.4 is 4.74 Å². The Morgan fingerprint density at radius 1 is 1.10 bits per heavy atom. The first-order valence-corrected chi connectivity index (χ1v) is 6.73. The van der Waals surface area contributed by atoms with Gasteiger partial charge in [0, 0.05) is 5.56 Å². The normalized spacial score (nSPS) is 11.2. The number of rotatable bonds is 3. The zero-order chi connectivity index (χ0) is 14.1. The molecule has 3 rings (SSSR count). The van der Waals surface area contributed by atoms with E-state index in [4.69, 9.17) is 9.15 Å². The molecular formula is C17H17NO2. The van der Waals surface area contributed by atoms with Gasteiger partial charge in [-0.1, -0.05) is 32.0 Å². The van der Waals surface area contributed by atoms with Crippen LogP contribution in [0.4, 0.5) is 0 Å². The molecule has 3 aromatic rings. The Morgan fingerprint density at radius 2 is 1.90 bits per heavy atom. The maximum atomic E-state index is 5.79. The van der Waals surface area contributed by atoms with E-state index in [1.807, 2.05) is 36.4 Å². The number of para-hydroxylation sites is 2. The summed E-state index contributed by atoms with van der Waals surface area (Å²) >= 11 is 0. The van der Waals surface area contributed by atoms with Crippen molar-refractivity contribution < 1.29 is 9.15 Å². The van der Waals surface area contributed by atoms with Gasteiger partial charge < -0.3 is 9.15 Å². The summed E-state index contributed by atoms with van der Waals surface area (Å²) in [7, 11) is 1.69. The quantitative estimate of drug-likeness (QED) is 0.694. The second-order valence-electron chi connectivity index (χ2n) is 5.10. The Morgan fingerprint density at radius 3 is 2.60 bits per heavy atom. The van der Waals surface area contributed by atoms with Crippen LogP contribution in [-0.2, 0) is 0 Å². The van der Waals surface area contributed by atoms with E-state index in [-0.39, 0.29) is 0 Å². The number of nitrogens with zero attached hydrogens (tertiary/aromatic N) is 1. The number of fused-ring (bicyclic) bond motifs is 1. The Labute approximate surface area is 118 Å². The SMILES string of the molecule is COc1cc(-c2nc3ccccc3o2)ccc1C(C)C. The molecule has 3 nitrogen and oxygen atoms in total. The van der Waals surface area contributed by atoms with Crippen LogP contribution in [0.5, 0.6) is 5.75 Å². The minimum atomic E-state index is 0.419. The summed E-state index contributed by atoms with van der Waals surface area (Å²) < 4.78 is 11.3. The fourth-order valence-electron chi connectivity index (χ4n) is 2.32. The standard InChI is InChI=1S/C17H17NO2/c1-11(2)13-9-8-12(10-16(13)19-3)17-18-14-6-4-5-7-15(14)20-17/h4-11H,1-3H3. The molecule has 2 aromatic carbocycles. The zero-order valence-corrected chi connectivity index (χ0v) is 11.9. The Bertz CT molecular complexity index is 711. The van der Waals surface area contributed by atoms with Gasteiger partial charge in [-0.15, -0.1) is 0 Å². The van der Waals surface area contributed by atoms with E-state index in [1.165, 1.54) is 5.56 Å². The summed E-state index contributed by atoms with van der Waals surface area (Å²) in [5.74, 6) is 1.92. The van der Waals surface area contributed by atoms with Crippen molar-refractivity contribution in [1.82, 2.24) is 4.98 Å². The van der Waals surface area contributed by atoms with Crippen molar-refractivity contribution >= 4 is 11.1 Å². The molecule has 0 bridgehead atoms. The largest absolute Gasteiger partial charge is 0.496 e. The molecule has 1 heterocycles. The number of hydrogen-bond donors (Lipinski definition) is 0. The molecule has 0 saturated carbocycles. The fourth-order valence-corrected chi connectivity index (χ4v) is 2.32. The maximum Gasteiger partial charge on any atom is 0.227 e. The summed E-state index contributed by atoms with van der Waals surface area (Å²) in [5, 5.41) is 0. The van der Waals surface area contributed by atoms with Gasteiger partial charge in [0.25, 0.3) is 0 Å². The van der Waals surface area contributed by atoms with Crippen LogP contribution >= 0.6 is 0 Å². The van der Waals surface area contributed by atoms with Crippen molar-refractivity contribution in [3.63, 3.8) is 0 Å². The van der Waals surface area contributed by atoms with Crippen LogP contribution in [0.15, 0.2) is 46.9 Å². The number of ether oxygens (including phenoxy) is 1. The van der Waals surface area contributed by atoms with Crippen LogP contribution in [0.1, 0.15) is 25.3 Å². The zero-order valence-electron chi connectivity index (χ0n) is 11.9. The second-order valence-corrected chi connectivity index (χ2v) is 5.10. The van der Waals surface area contributed by atoms with Gasteiger partial charge in [-0.2, -0.15) is 0 Å². The Balaban J connectivity index is 2.09. The van der Waals surface area contributed by atoms with Crippen molar-refractivity contribution in [2.24, 2.45) is 0 Å². The lowest BCUT2D eigenvalue weighted by molar-refractivity contribution is 0.407. The van der Waals surface area contributed by atoms with Crippen LogP contribution in [0.25, 0.3) is 22.6 Å². The van der Waals surface area contributed by atoms with Gasteiger partial charge in [0.05, 0.1) is 7.11 Å². The summed E-state index contributed by atoms with van der Waals surface area (Å²) in [6, 6.07) is 13.9. The highest BCUT2D eigenvalue weighted by molar-refractivity contribution is 5.76.